The Morgan fingerprint density at radius 2 is 2.04 bits per heavy atom. The monoisotopic (exact) mass is 419 g/mol. The van der Waals surface area contributed by atoms with Gasteiger partial charge >= 0.3 is 0 Å². The topological polar surface area (TPSA) is 79.4 Å². The van der Waals surface area contributed by atoms with E-state index >= 15 is 0 Å². The van der Waals surface area contributed by atoms with Crippen LogP contribution in [0.4, 0.5) is 0 Å². The number of nitrogens with one attached hydrogen (secondary N) is 1. The molecule has 6 nitrogen and oxygen atoms in total. The zero-order chi connectivity index (χ0) is 19.7. The van der Waals surface area contributed by atoms with Crippen LogP contribution in [0, 0.1) is 6.92 Å². The van der Waals surface area contributed by atoms with Gasteiger partial charge in [-0.15, -0.1) is 11.3 Å². The predicted octanol–water partition coefficient (Wildman–Crippen LogP) is 2.80. The molecule has 1 saturated heterocycles. The van der Waals surface area contributed by atoms with E-state index in [1.165, 1.54) is 21.2 Å². The van der Waals surface area contributed by atoms with Crippen LogP contribution in [0.15, 0.2) is 28.5 Å². The van der Waals surface area contributed by atoms with Crippen LogP contribution < -0.4 is 5.32 Å². The minimum absolute atomic E-state index is 0.246. The van der Waals surface area contributed by atoms with E-state index in [0.717, 1.165) is 41.9 Å². The normalized spacial score (nSPS) is 20.1. The number of carbonyl (C=O) groups is 1. The third-order valence-corrected chi connectivity index (χ3v) is 8.27. The molecule has 2 heterocycles. The van der Waals surface area contributed by atoms with Gasteiger partial charge in [-0.3, -0.25) is 4.79 Å². The molecule has 1 atom stereocenters. The summed E-state index contributed by atoms with van der Waals surface area (Å²) in [6.45, 7) is 2.62. The third-order valence-electron chi connectivity index (χ3n) is 5.54. The Kier molecular flexibility index (Phi) is 5.53. The van der Waals surface area contributed by atoms with Crippen LogP contribution in [-0.2, 0) is 34.2 Å². The predicted molar refractivity (Wildman–Crippen MR) is 109 cm³/mol. The Bertz CT molecular complexity index is 984. The summed E-state index contributed by atoms with van der Waals surface area (Å²) in [5.41, 5.74) is 3.18. The lowest BCUT2D eigenvalue weighted by atomic mass is 9.92. The van der Waals surface area contributed by atoms with Crippen LogP contribution in [0.3, 0.4) is 0 Å². The Hall–Kier alpha value is -1.77. The van der Waals surface area contributed by atoms with Crippen LogP contribution in [0.2, 0.25) is 0 Å². The van der Waals surface area contributed by atoms with Crippen molar-refractivity contribution in [1.29, 1.82) is 0 Å². The number of nitrogens with zero attached hydrogens (tertiary/aromatic N) is 2. The summed E-state index contributed by atoms with van der Waals surface area (Å²) in [4.78, 5) is 17.4. The molecule has 1 aliphatic heterocycles. The van der Waals surface area contributed by atoms with Gasteiger partial charge in [0, 0.05) is 11.9 Å². The van der Waals surface area contributed by atoms with E-state index in [0.29, 0.717) is 30.8 Å². The van der Waals surface area contributed by atoms with Gasteiger partial charge in [0.25, 0.3) is 0 Å². The molecule has 0 spiro atoms. The molecular weight excluding hydrogens is 394 g/mol. The van der Waals surface area contributed by atoms with Crippen molar-refractivity contribution in [3.8, 4) is 0 Å². The van der Waals surface area contributed by atoms with Crippen molar-refractivity contribution in [2.75, 3.05) is 6.54 Å². The van der Waals surface area contributed by atoms with Crippen LogP contribution in [0.5, 0.6) is 0 Å². The zero-order valence-corrected chi connectivity index (χ0v) is 17.6. The highest BCUT2D eigenvalue weighted by Gasteiger charge is 2.39. The lowest BCUT2D eigenvalue weighted by Gasteiger charge is -2.24. The molecule has 4 rings (SSSR count). The Morgan fingerprint density at radius 3 is 2.79 bits per heavy atom. The second-order valence-corrected chi connectivity index (χ2v) is 10.4. The maximum Gasteiger partial charge on any atom is 0.243 e. The summed E-state index contributed by atoms with van der Waals surface area (Å²) in [5.74, 6) is -0.246. The second-order valence-electron chi connectivity index (χ2n) is 7.49. The number of benzene rings is 1. The minimum Gasteiger partial charge on any atom is -0.349 e. The molecule has 1 amide bonds. The summed E-state index contributed by atoms with van der Waals surface area (Å²) in [5, 5.41) is 5.71. The fraction of sp³-hybridized carbons (Fsp3) is 0.500. The van der Waals surface area contributed by atoms with Crippen molar-refractivity contribution in [1.82, 2.24) is 14.6 Å². The van der Waals surface area contributed by atoms with E-state index in [-0.39, 0.29) is 5.91 Å². The fourth-order valence-electron chi connectivity index (χ4n) is 4.08. The highest BCUT2D eigenvalue weighted by atomic mass is 32.2. The zero-order valence-electron chi connectivity index (χ0n) is 16.0. The van der Waals surface area contributed by atoms with E-state index in [4.69, 9.17) is 0 Å². The number of carbonyl (C=O) groups excluding carboxylic acids is 1. The van der Waals surface area contributed by atoms with Gasteiger partial charge in [-0.1, -0.05) is 6.07 Å². The molecule has 1 N–H and O–H groups in total. The van der Waals surface area contributed by atoms with Crippen molar-refractivity contribution < 1.29 is 13.2 Å². The average molecular weight is 420 g/mol. The number of aryl methyl sites for hydroxylation is 3. The number of hydrogen-bond acceptors (Lipinski definition) is 5. The summed E-state index contributed by atoms with van der Waals surface area (Å²) < 4.78 is 27.9. The molecular formula is C20H25N3O3S2. The van der Waals surface area contributed by atoms with Crippen LogP contribution in [0.1, 0.15) is 47.5 Å². The molecule has 1 aromatic carbocycles. The minimum atomic E-state index is -3.69. The van der Waals surface area contributed by atoms with Crippen molar-refractivity contribution in [3.63, 3.8) is 0 Å². The van der Waals surface area contributed by atoms with Crippen molar-refractivity contribution in [2.45, 2.75) is 62.9 Å². The first-order valence-electron chi connectivity index (χ1n) is 9.77. The number of fused-ring (bicyclic) bond motifs is 1. The SMILES string of the molecule is Cc1nc(CNC(=O)[C@H]2CCCN2S(=O)(=O)c2ccc3c(c2)CCCC3)cs1. The Morgan fingerprint density at radius 1 is 1.25 bits per heavy atom. The van der Waals surface area contributed by atoms with Crippen molar-refractivity contribution >= 4 is 27.3 Å². The van der Waals surface area contributed by atoms with Crippen molar-refractivity contribution in [2.24, 2.45) is 0 Å². The first-order chi connectivity index (χ1) is 13.4. The summed E-state index contributed by atoms with van der Waals surface area (Å²) in [6, 6.07) is 4.80. The second kappa shape index (κ2) is 7.93. The number of hydrogen-bond donors (Lipinski definition) is 1. The molecule has 1 aliphatic carbocycles. The fourth-order valence-corrected chi connectivity index (χ4v) is 6.40. The molecule has 1 aromatic heterocycles. The highest BCUT2D eigenvalue weighted by molar-refractivity contribution is 7.89. The molecule has 0 saturated carbocycles. The quantitative estimate of drug-likeness (QED) is 0.808. The summed E-state index contributed by atoms with van der Waals surface area (Å²) in [6.07, 6.45) is 5.44. The van der Waals surface area contributed by atoms with Crippen LogP contribution in [-0.4, -0.2) is 36.2 Å². The molecule has 150 valence electrons. The van der Waals surface area contributed by atoms with Gasteiger partial charge < -0.3 is 5.32 Å². The molecule has 1 fully saturated rings. The standard InChI is InChI=1S/C20H25N3O3S2/c1-14-22-17(13-27-14)12-21-20(24)19-7-4-10-23(19)28(25,26)18-9-8-15-5-2-3-6-16(15)11-18/h8-9,11,13,19H,2-7,10,12H2,1H3,(H,21,24)/t19-/m1/s1. The smallest absolute Gasteiger partial charge is 0.243 e. The van der Waals surface area contributed by atoms with E-state index in [1.54, 1.807) is 6.07 Å². The van der Waals surface area contributed by atoms with Gasteiger partial charge in [0.15, 0.2) is 0 Å². The third kappa shape index (κ3) is 3.86. The highest BCUT2D eigenvalue weighted by Crippen LogP contribution is 2.29. The van der Waals surface area contributed by atoms with Gasteiger partial charge in [0.1, 0.15) is 6.04 Å². The Labute approximate surface area is 170 Å². The molecule has 2 aliphatic rings. The maximum atomic E-state index is 13.2. The van der Waals surface area contributed by atoms with Gasteiger partial charge in [-0.25, -0.2) is 13.4 Å². The van der Waals surface area contributed by atoms with E-state index in [9.17, 15) is 13.2 Å². The van der Waals surface area contributed by atoms with E-state index < -0.39 is 16.1 Å². The summed E-state index contributed by atoms with van der Waals surface area (Å²) in [7, 11) is -3.69. The molecule has 0 bridgehead atoms. The molecule has 8 heteroatoms. The first kappa shape index (κ1) is 19.5. The largest absolute Gasteiger partial charge is 0.349 e. The molecule has 28 heavy (non-hydrogen) atoms. The van der Waals surface area contributed by atoms with Gasteiger partial charge in [-0.05, 0) is 68.7 Å². The van der Waals surface area contributed by atoms with Crippen LogP contribution in [0.25, 0.3) is 0 Å². The average Bonchev–Trinajstić information content (AvgIpc) is 3.35. The van der Waals surface area contributed by atoms with Gasteiger partial charge in [-0.2, -0.15) is 4.31 Å². The molecule has 2 aromatic rings. The number of thiazole rings is 1. The summed E-state index contributed by atoms with van der Waals surface area (Å²) >= 11 is 1.53. The first-order valence-corrected chi connectivity index (χ1v) is 12.1. The number of aromatic nitrogens is 1. The lowest BCUT2D eigenvalue weighted by molar-refractivity contribution is -0.124. The number of sulfonamides is 1. The van der Waals surface area contributed by atoms with Crippen molar-refractivity contribution in [3.05, 3.63) is 45.4 Å². The molecule has 0 unspecified atom stereocenters. The molecule has 0 radical (unpaired) electrons. The van der Waals surface area contributed by atoms with Crippen LogP contribution >= 0.6 is 11.3 Å². The van der Waals surface area contributed by atoms with Gasteiger partial charge in [0.2, 0.25) is 15.9 Å². The Balaban J connectivity index is 1.50. The van der Waals surface area contributed by atoms with E-state index in [2.05, 4.69) is 10.3 Å². The lowest BCUT2D eigenvalue weighted by Crippen LogP contribution is -2.45. The maximum absolute atomic E-state index is 13.2. The van der Waals surface area contributed by atoms with Gasteiger partial charge in [0.05, 0.1) is 22.1 Å². The number of amides is 1. The van der Waals surface area contributed by atoms with E-state index in [1.807, 2.05) is 24.4 Å². The number of rotatable bonds is 5.